The quantitative estimate of drug-likeness (QED) is 0.818. The van der Waals surface area contributed by atoms with E-state index in [4.69, 9.17) is 4.74 Å². The first-order valence-electron chi connectivity index (χ1n) is 6.38. The lowest BCUT2D eigenvalue weighted by Gasteiger charge is -2.23. The summed E-state index contributed by atoms with van der Waals surface area (Å²) in [5.74, 6) is -0.136. The number of hydrogen-bond donors (Lipinski definition) is 2. The number of rotatable bonds is 3. The predicted molar refractivity (Wildman–Crippen MR) is 70.1 cm³/mol. The monoisotopic (exact) mass is 260 g/mol. The summed E-state index contributed by atoms with van der Waals surface area (Å²) in [7, 11) is 0. The molecule has 1 aliphatic heterocycles. The zero-order valence-electron chi connectivity index (χ0n) is 10.5. The van der Waals surface area contributed by atoms with Crippen LogP contribution in [0.15, 0.2) is 30.5 Å². The Balaban J connectivity index is 1.68. The van der Waals surface area contributed by atoms with Crippen molar-refractivity contribution < 1.29 is 9.53 Å². The van der Waals surface area contributed by atoms with E-state index in [9.17, 15) is 4.79 Å². The lowest BCUT2D eigenvalue weighted by atomic mass is 10.2. The summed E-state index contributed by atoms with van der Waals surface area (Å²) in [6, 6.07) is 7.39. The third-order valence-electron chi connectivity index (χ3n) is 3.15. The SMILES string of the molecule is O=C(NC[C@H]1CNCCO1)c1cccc2ccnn12. The van der Waals surface area contributed by atoms with Crippen LogP contribution < -0.4 is 10.6 Å². The molecule has 2 N–H and O–H groups in total. The van der Waals surface area contributed by atoms with E-state index < -0.39 is 0 Å². The van der Waals surface area contributed by atoms with E-state index in [0.717, 1.165) is 18.6 Å². The molecule has 19 heavy (non-hydrogen) atoms. The minimum Gasteiger partial charge on any atom is -0.374 e. The minimum absolute atomic E-state index is 0.0366. The molecule has 0 radical (unpaired) electrons. The molecule has 100 valence electrons. The Morgan fingerprint density at radius 1 is 1.53 bits per heavy atom. The second-order valence-corrected chi connectivity index (χ2v) is 4.49. The highest BCUT2D eigenvalue weighted by atomic mass is 16.5. The van der Waals surface area contributed by atoms with Gasteiger partial charge in [0.2, 0.25) is 0 Å². The Morgan fingerprint density at radius 3 is 3.32 bits per heavy atom. The molecule has 1 fully saturated rings. The number of amides is 1. The summed E-state index contributed by atoms with van der Waals surface area (Å²) in [6.45, 7) is 2.84. The molecular weight excluding hydrogens is 244 g/mol. The Bertz CT molecular complexity index is 575. The highest BCUT2D eigenvalue weighted by Gasteiger charge is 2.16. The summed E-state index contributed by atoms with van der Waals surface area (Å²) < 4.78 is 7.17. The number of pyridine rings is 1. The van der Waals surface area contributed by atoms with E-state index in [1.165, 1.54) is 0 Å². The van der Waals surface area contributed by atoms with Gasteiger partial charge in [0.1, 0.15) is 5.69 Å². The van der Waals surface area contributed by atoms with Crippen molar-refractivity contribution in [2.45, 2.75) is 6.10 Å². The molecular formula is C13H16N4O2. The number of morpholine rings is 1. The maximum atomic E-state index is 12.2. The van der Waals surface area contributed by atoms with Crippen molar-refractivity contribution in [3.05, 3.63) is 36.2 Å². The van der Waals surface area contributed by atoms with Gasteiger partial charge in [-0.2, -0.15) is 5.10 Å². The number of carbonyl (C=O) groups excluding carboxylic acids is 1. The fourth-order valence-corrected chi connectivity index (χ4v) is 2.17. The van der Waals surface area contributed by atoms with Crippen LogP contribution in [0, 0.1) is 0 Å². The summed E-state index contributed by atoms with van der Waals surface area (Å²) in [5, 5.41) is 10.3. The Morgan fingerprint density at radius 2 is 2.47 bits per heavy atom. The lowest BCUT2D eigenvalue weighted by Crippen LogP contribution is -2.45. The molecule has 0 saturated carbocycles. The van der Waals surface area contributed by atoms with Crippen LogP contribution in [0.4, 0.5) is 0 Å². The number of fused-ring (bicyclic) bond motifs is 1. The van der Waals surface area contributed by atoms with Gasteiger partial charge in [-0.1, -0.05) is 6.07 Å². The van der Waals surface area contributed by atoms with Gasteiger partial charge < -0.3 is 15.4 Å². The zero-order chi connectivity index (χ0) is 13.1. The number of ether oxygens (including phenoxy) is 1. The van der Waals surface area contributed by atoms with Crippen molar-refractivity contribution in [2.24, 2.45) is 0 Å². The van der Waals surface area contributed by atoms with Crippen LogP contribution in [0.5, 0.6) is 0 Å². The van der Waals surface area contributed by atoms with E-state index in [1.807, 2.05) is 18.2 Å². The van der Waals surface area contributed by atoms with Crippen LogP contribution in [-0.2, 0) is 4.74 Å². The normalized spacial score (nSPS) is 19.5. The molecule has 0 aliphatic carbocycles. The van der Waals surface area contributed by atoms with E-state index in [2.05, 4.69) is 15.7 Å². The summed E-state index contributed by atoms with van der Waals surface area (Å²) in [5.41, 5.74) is 1.44. The third kappa shape index (κ3) is 2.59. The zero-order valence-corrected chi connectivity index (χ0v) is 10.5. The van der Waals surface area contributed by atoms with Crippen molar-refractivity contribution in [2.75, 3.05) is 26.2 Å². The van der Waals surface area contributed by atoms with Crippen molar-refractivity contribution in [1.82, 2.24) is 20.2 Å². The topological polar surface area (TPSA) is 67.7 Å². The molecule has 0 unspecified atom stereocenters. The third-order valence-corrected chi connectivity index (χ3v) is 3.15. The largest absolute Gasteiger partial charge is 0.374 e. The highest BCUT2D eigenvalue weighted by Crippen LogP contribution is 2.06. The van der Waals surface area contributed by atoms with Crippen LogP contribution in [0.1, 0.15) is 10.5 Å². The van der Waals surface area contributed by atoms with Crippen LogP contribution in [0.2, 0.25) is 0 Å². The average molecular weight is 260 g/mol. The second-order valence-electron chi connectivity index (χ2n) is 4.49. The molecule has 0 spiro atoms. The molecule has 1 saturated heterocycles. The van der Waals surface area contributed by atoms with Gasteiger partial charge in [-0.05, 0) is 18.2 Å². The van der Waals surface area contributed by atoms with Gasteiger partial charge in [0.15, 0.2) is 0 Å². The first-order valence-corrected chi connectivity index (χ1v) is 6.38. The van der Waals surface area contributed by atoms with Crippen LogP contribution in [0.25, 0.3) is 5.52 Å². The van der Waals surface area contributed by atoms with Gasteiger partial charge in [0.05, 0.1) is 24.4 Å². The van der Waals surface area contributed by atoms with Gasteiger partial charge in [-0.25, -0.2) is 4.52 Å². The van der Waals surface area contributed by atoms with Gasteiger partial charge in [0, 0.05) is 19.6 Å². The van der Waals surface area contributed by atoms with Gasteiger partial charge >= 0.3 is 0 Å². The molecule has 6 heteroatoms. The van der Waals surface area contributed by atoms with Crippen LogP contribution in [0.3, 0.4) is 0 Å². The molecule has 1 atom stereocenters. The van der Waals surface area contributed by atoms with E-state index in [0.29, 0.717) is 18.8 Å². The Labute approximate surface area is 110 Å². The number of carbonyl (C=O) groups is 1. The number of hydrogen-bond acceptors (Lipinski definition) is 4. The summed E-state index contributed by atoms with van der Waals surface area (Å²) >= 11 is 0. The highest BCUT2D eigenvalue weighted by molar-refractivity contribution is 5.93. The second kappa shape index (κ2) is 5.38. The minimum atomic E-state index is -0.136. The molecule has 0 aromatic carbocycles. The van der Waals surface area contributed by atoms with Gasteiger partial charge in [-0.15, -0.1) is 0 Å². The number of aromatic nitrogens is 2. The number of nitrogens with one attached hydrogen (secondary N) is 2. The van der Waals surface area contributed by atoms with E-state index >= 15 is 0 Å². The molecule has 2 aromatic rings. The van der Waals surface area contributed by atoms with Gasteiger partial charge in [-0.3, -0.25) is 4.79 Å². The van der Waals surface area contributed by atoms with Gasteiger partial charge in [0.25, 0.3) is 5.91 Å². The number of nitrogens with zero attached hydrogens (tertiary/aromatic N) is 2. The van der Waals surface area contributed by atoms with Crippen molar-refractivity contribution in [3.63, 3.8) is 0 Å². The lowest BCUT2D eigenvalue weighted by molar-refractivity contribution is 0.0286. The summed E-state index contributed by atoms with van der Waals surface area (Å²) in [6.07, 6.45) is 1.72. The Kier molecular flexibility index (Phi) is 3.43. The fraction of sp³-hybridized carbons (Fsp3) is 0.385. The smallest absolute Gasteiger partial charge is 0.270 e. The predicted octanol–water partition coefficient (Wildman–Crippen LogP) is 0.0525. The van der Waals surface area contributed by atoms with Crippen LogP contribution in [-0.4, -0.2) is 47.9 Å². The molecule has 3 heterocycles. The van der Waals surface area contributed by atoms with Crippen molar-refractivity contribution >= 4 is 11.4 Å². The molecule has 0 bridgehead atoms. The molecule has 1 aliphatic rings. The Hall–Kier alpha value is -1.92. The molecule has 6 nitrogen and oxygen atoms in total. The van der Waals surface area contributed by atoms with Crippen LogP contribution >= 0.6 is 0 Å². The van der Waals surface area contributed by atoms with E-state index in [-0.39, 0.29) is 12.0 Å². The molecule has 2 aromatic heterocycles. The average Bonchev–Trinajstić information content (AvgIpc) is 2.94. The van der Waals surface area contributed by atoms with E-state index in [1.54, 1.807) is 16.8 Å². The first kappa shape index (κ1) is 12.1. The van der Waals surface area contributed by atoms with Crippen molar-refractivity contribution in [3.8, 4) is 0 Å². The standard InChI is InChI=1S/C13H16N4O2/c18-13(15-9-11-8-14-6-7-19-11)12-3-1-2-10-4-5-16-17(10)12/h1-5,11,14H,6-9H2,(H,15,18)/t11-/m1/s1. The first-order chi connectivity index (χ1) is 9.34. The fourth-order valence-electron chi connectivity index (χ4n) is 2.17. The molecule has 3 rings (SSSR count). The molecule has 1 amide bonds. The summed E-state index contributed by atoms with van der Waals surface area (Å²) in [4.78, 5) is 12.2. The van der Waals surface area contributed by atoms with Crippen molar-refractivity contribution in [1.29, 1.82) is 0 Å². The maximum absolute atomic E-state index is 12.2. The maximum Gasteiger partial charge on any atom is 0.270 e.